The van der Waals surface area contributed by atoms with E-state index in [1.807, 2.05) is 0 Å². The van der Waals surface area contributed by atoms with Crippen LogP contribution in [0.25, 0.3) is 0 Å². The van der Waals surface area contributed by atoms with Gasteiger partial charge in [0.05, 0.1) is 12.0 Å². The number of aliphatic hydroxyl groups is 2. The number of aliphatic hydroxyl groups excluding tert-OH is 2. The van der Waals surface area contributed by atoms with Crippen LogP contribution in [0.3, 0.4) is 0 Å². The zero-order valence-corrected chi connectivity index (χ0v) is 20.4. The Kier molecular flexibility index (Phi) is 4.94. The summed E-state index contributed by atoms with van der Waals surface area (Å²) in [5.74, 6) is -2.21. The van der Waals surface area contributed by atoms with Crippen molar-refractivity contribution in [3.05, 3.63) is 101 Å². The van der Waals surface area contributed by atoms with Gasteiger partial charge in [-0.05, 0) is 53.6 Å². The van der Waals surface area contributed by atoms with E-state index in [1.54, 1.807) is 36.4 Å². The molecule has 0 saturated heterocycles. The number of rotatable bonds is 2. The molecule has 0 spiro atoms. The van der Waals surface area contributed by atoms with Gasteiger partial charge in [0.15, 0.2) is 0 Å². The van der Waals surface area contributed by atoms with Gasteiger partial charge in [-0.25, -0.2) is 0 Å². The topological polar surface area (TPSA) is 149 Å². The summed E-state index contributed by atoms with van der Waals surface area (Å²) in [6.45, 7) is 0. The first-order valence-corrected chi connectivity index (χ1v) is 12.5. The van der Waals surface area contributed by atoms with E-state index in [4.69, 9.17) is 14.2 Å². The number of benzene rings is 4. The van der Waals surface area contributed by atoms with Crippen LogP contribution in [0.5, 0.6) is 40.2 Å². The van der Waals surface area contributed by atoms with Gasteiger partial charge in [0.1, 0.15) is 52.5 Å². The summed E-state index contributed by atoms with van der Waals surface area (Å²) in [7, 11) is 0. The van der Waals surface area contributed by atoms with Gasteiger partial charge in [0.2, 0.25) is 0 Å². The van der Waals surface area contributed by atoms with E-state index in [1.165, 1.54) is 36.4 Å². The van der Waals surface area contributed by atoms with Crippen LogP contribution in [-0.4, -0.2) is 42.8 Å². The molecule has 4 aromatic carbocycles. The Hall–Kier alpha value is -4.60. The van der Waals surface area contributed by atoms with Gasteiger partial charge in [-0.2, -0.15) is 0 Å². The van der Waals surface area contributed by atoms with Crippen molar-refractivity contribution in [2.45, 2.75) is 36.4 Å². The fourth-order valence-corrected chi connectivity index (χ4v) is 5.93. The molecule has 3 aliphatic rings. The van der Waals surface area contributed by atoms with Gasteiger partial charge in [0.25, 0.3) is 0 Å². The summed E-state index contributed by atoms with van der Waals surface area (Å²) in [4.78, 5) is 0. The minimum atomic E-state index is -1.77. The van der Waals surface area contributed by atoms with E-state index in [0.717, 1.165) is 0 Å². The molecule has 9 nitrogen and oxygen atoms in total. The molecular formula is C30H24O9. The molecule has 0 aliphatic carbocycles. The minimum absolute atomic E-state index is 0.0187. The number of ether oxygens (including phenoxy) is 3. The summed E-state index contributed by atoms with van der Waals surface area (Å²) in [5.41, 5.74) is 2.47. The first kappa shape index (κ1) is 23.5. The maximum absolute atomic E-state index is 11.9. The second kappa shape index (κ2) is 8.20. The highest BCUT2D eigenvalue weighted by atomic mass is 16.7. The monoisotopic (exact) mass is 528 g/mol. The molecule has 5 atom stereocenters. The zero-order chi connectivity index (χ0) is 27.1. The molecule has 0 fully saturated rings. The van der Waals surface area contributed by atoms with E-state index < -0.39 is 30.0 Å². The highest BCUT2D eigenvalue weighted by Gasteiger charge is 2.59. The van der Waals surface area contributed by atoms with Gasteiger partial charge in [0, 0.05) is 35.2 Å². The smallest absolute Gasteiger partial charge is 0.305 e. The van der Waals surface area contributed by atoms with E-state index in [-0.39, 0.29) is 40.7 Å². The lowest BCUT2D eigenvalue weighted by atomic mass is 9.74. The average Bonchev–Trinajstić information content (AvgIpc) is 2.89. The SMILES string of the molecule is Oc1ccc([C@@H]2Oc3c(ccc4c3[C@@H]3c5c(O)cc(O)cc5O[C@](c5ccc(O)cc5)(O4)[C@@H]3O)C[C@H]2O)cc1. The summed E-state index contributed by atoms with van der Waals surface area (Å²) >= 11 is 0. The minimum Gasteiger partial charge on any atom is -0.508 e. The van der Waals surface area contributed by atoms with Gasteiger partial charge >= 0.3 is 5.79 Å². The number of aromatic hydroxyl groups is 4. The highest BCUT2D eigenvalue weighted by molar-refractivity contribution is 5.65. The van der Waals surface area contributed by atoms with E-state index in [2.05, 4.69) is 0 Å². The molecule has 9 heteroatoms. The fourth-order valence-electron chi connectivity index (χ4n) is 5.93. The summed E-state index contributed by atoms with van der Waals surface area (Å²) < 4.78 is 19.1. The quantitative estimate of drug-likeness (QED) is 0.229. The number of phenols is 4. The number of hydrogen-bond donors (Lipinski definition) is 6. The molecule has 0 saturated carbocycles. The van der Waals surface area contributed by atoms with E-state index >= 15 is 0 Å². The fraction of sp³-hybridized carbons (Fsp3) is 0.200. The van der Waals surface area contributed by atoms with Gasteiger partial charge in [-0.3, -0.25) is 0 Å². The Morgan fingerprint density at radius 3 is 2.08 bits per heavy atom. The van der Waals surface area contributed by atoms with Crippen molar-refractivity contribution in [2.24, 2.45) is 0 Å². The maximum Gasteiger partial charge on any atom is 0.305 e. The van der Waals surface area contributed by atoms with E-state index in [9.17, 15) is 30.6 Å². The largest absolute Gasteiger partial charge is 0.508 e. The molecule has 0 aromatic heterocycles. The standard InChI is InChI=1S/C30H24O9/c31-17-6-1-14(2-7-17)27-21(35)11-15-3-10-22-25(28(15)37-27)26-24-20(34)12-19(33)13-23(24)39-30(38-22,29(26)36)16-4-8-18(32)9-5-16/h1-10,12-13,21,26-27,29,31-36H,11H2/t21-,26+,27+,29-,30+/m1/s1. The van der Waals surface area contributed by atoms with Crippen LogP contribution in [0.2, 0.25) is 0 Å². The van der Waals surface area contributed by atoms with Gasteiger partial charge in [-0.15, -0.1) is 0 Å². The Bertz CT molecular complexity index is 1600. The van der Waals surface area contributed by atoms with Crippen molar-refractivity contribution in [3.8, 4) is 40.2 Å². The third kappa shape index (κ3) is 3.40. The molecule has 2 bridgehead atoms. The van der Waals surface area contributed by atoms with Crippen LogP contribution < -0.4 is 14.2 Å². The summed E-state index contributed by atoms with van der Waals surface area (Å²) in [5, 5.41) is 63.6. The zero-order valence-electron chi connectivity index (χ0n) is 20.4. The molecule has 0 unspecified atom stereocenters. The van der Waals surface area contributed by atoms with Crippen molar-refractivity contribution in [3.63, 3.8) is 0 Å². The predicted molar refractivity (Wildman–Crippen MR) is 136 cm³/mol. The lowest BCUT2D eigenvalue weighted by molar-refractivity contribution is -0.219. The molecule has 4 aromatic rings. The molecule has 7 rings (SSSR count). The van der Waals surface area contributed by atoms with Crippen LogP contribution in [0.1, 0.15) is 39.8 Å². The van der Waals surface area contributed by atoms with Crippen molar-refractivity contribution >= 4 is 0 Å². The lowest BCUT2D eigenvalue weighted by Gasteiger charge is -2.50. The third-order valence-electron chi connectivity index (χ3n) is 7.71. The highest BCUT2D eigenvalue weighted by Crippen LogP contribution is 2.61. The second-order valence-electron chi connectivity index (χ2n) is 10.1. The van der Waals surface area contributed by atoms with Crippen molar-refractivity contribution < 1.29 is 44.8 Å². The molecule has 3 aliphatic heterocycles. The Balaban J connectivity index is 1.45. The predicted octanol–water partition coefficient (Wildman–Crippen LogP) is 3.68. The first-order chi connectivity index (χ1) is 18.7. The Labute approximate surface area is 222 Å². The van der Waals surface area contributed by atoms with Crippen LogP contribution >= 0.6 is 0 Å². The number of phenolic OH excluding ortho intramolecular Hbond substituents is 4. The van der Waals surface area contributed by atoms with Gasteiger partial charge in [-0.1, -0.05) is 18.2 Å². The summed E-state index contributed by atoms with van der Waals surface area (Å²) in [6.07, 6.45) is -2.77. The van der Waals surface area contributed by atoms with Crippen molar-refractivity contribution in [2.75, 3.05) is 0 Å². The van der Waals surface area contributed by atoms with Crippen LogP contribution in [0, 0.1) is 0 Å². The van der Waals surface area contributed by atoms with Crippen molar-refractivity contribution in [1.29, 1.82) is 0 Å². The molecule has 198 valence electrons. The number of hydrogen-bond acceptors (Lipinski definition) is 9. The Morgan fingerprint density at radius 1 is 0.692 bits per heavy atom. The average molecular weight is 529 g/mol. The maximum atomic E-state index is 11.9. The van der Waals surface area contributed by atoms with Crippen molar-refractivity contribution in [1.82, 2.24) is 0 Å². The van der Waals surface area contributed by atoms with Crippen LogP contribution in [0.4, 0.5) is 0 Å². The molecular weight excluding hydrogens is 504 g/mol. The normalized spacial score (nSPS) is 26.2. The second-order valence-corrected chi connectivity index (χ2v) is 10.1. The van der Waals surface area contributed by atoms with Crippen LogP contribution in [-0.2, 0) is 12.2 Å². The lowest BCUT2D eigenvalue weighted by Crippen LogP contribution is -2.57. The molecule has 0 radical (unpaired) electrons. The number of fused-ring (bicyclic) bond motifs is 8. The molecule has 6 N–H and O–H groups in total. The molecule has 3 heterocycles. The van der Waals surface area contributed by atoms with Crippen LogP contribution in [0.15, 0.2) is 72.8 Å². The van der Waals surface area contributed by atoms with Gasteiger partial charge < -0.3 is 44.8 Å². The van der Waals surface area contributed by atoms with E-state index in [0.29, 0.717) is 33.8 Å². The first-order valence-electron chi connectivity index (χ1n) is 12.5. The Morgan fingerprint density at radius 2 is 1.36 bits per heavy atom. The molecule has 39 heavy (non-hydrogen) atoms. The third-order valence-corrected chi connectivity index (χ3v) is 7.71. The molecule has 0 amide bonds. The summed E-state index contributed by atoms with van der Waals surface area (Å²) in [6, 6.07) is 18.4.